The van der Waals surface area contributed by atoms with E-state index >= 15 is 0 Å². The minimum absolute atomic E-state index is 0.133. The van der Waals surface area contributed by atoms with E-state index in [9.17, 15) is 19.2 Å². The molecule has 2 aromatic carbocycles. The number of aromatic nitrogens is 4. The van der Waals surface area contributed by atoms with Crippen LogP contribution in [-0.2, 0) is 22.6 Å². The highest BCUT2D eigenvalue weighted by Crippen LogP contribution is 2.34. The number of benzene rings is 2. The number of nitrogens with two attached hydrogens (primary N) is 1. The molecule has 0 aliphatic carbocycles. The van der Waals surface area contributed by atoms with Crippen LogP contribution in [0.3, 0.4) is 0 Å². The normalized spacial score (nSPS) is 21.1. The van der Waals surface area contributed by atoms with Gasteiger partial charge < -0.3 is 20.4 Å². The van der Waals surface area contributed by atoms with Gasteiger partial charge in [-0.2, -0.15) is 5.10 Å². The lowest BCUT2D eigenvalue weighted by Gasteiger charge is -2.34. The Morgan fingerprint density at radius 3 is 2.52 bits per heavy atom. The molecule has 4 aliphatic rings. The highest BCUT2D eigenvalue weighted by atomic mass is 16.2. The van der Waals surface area contributed by atoms with Crippen LogP contribution in [-0.4, -0.2) is 91.9 Å². The number of imide groups is 1. The maximum atomic E-state index is 13.1. The van der Waals surface area contributed by atoms with Crippen LogP contribution >= 0.6 is 0 Å². The topological polar surface area (TPSA) is 160 Å². The molecule has 4 aromatic rings. The summed E-state index contributed by atoms with van der Waals surface area (Å²) in [5.41, 5.74) is 12.3. The third kappa shape index (κ3) is 6.80. The van der Waals surface area contributed by atoms with Gasteiger partial charge in [0.25, 0.3) is 11.8 Å². The molecular formula is C39H43N9O4. The smallest absolute Gasteiger partial charge is 0.269 e. The molecule has 13 nitrogen and oxygen atoms in total. The summed E-state index contributed by atoms with van der Waals surface area (Å²) in [4.78, 5) is 64.9. The zero-order valence-electron chi connectivity index (χ0n) is 29.3. The number of fused-ring (bicyclic) bond motifs is 1. The van der Waals surface area contributed by atoms with Crippen LogP contribution in [0.5, 0.6) is 0 Å². The number of rotatable bonds is 9. The Bertz CT molecular complexity index is 2040. The molecule has 8 rings (SSSR count). The molecule has 3 saturated heterocycles. The SMILES string of the molecule is Cc1ccn(-c2cnc(C(N)=O)c(Cc3ccc(C4CCN(C[C@H]5CCN(c6ccc7c(c6)CN(C6CCC(=O)NC6=O)C7=O)C5)CC4)cc3)n2)n1. The van der Waals surface area contributed by atoms with Crippen molar-refractivity contribution in [2.24, 2.45) is 11.7 Å². The van der Waals surface area contributed by atoms with E-state index in [1.165, 1.54) is 11.8 Å². The van der Waals surface area contributed by atoms with Crippen LogP contribution in [0.15, 0.2) is 60.9 Å². The predicted octanol–water partition coefficient (Wildman–Crippen LogP) is 3.13. The highest BCUT2D eigenvalue weighted by Gasteiger charge is 2.39. The number of carbonyl (C=O) groups is 4. The van der Waals surface area contributed by atoms with Gasteiger partial charge in [0.2, 0.25) is 11.8 Å². The van der Waals surface area contributed by atoms with Gasteiger partial charge in [0.15, 0.2) is 5.82 Å². The van der Waals surface area contributed by atoms with Crippen molar-refractivity contribution in [3.63, 3.8) is 0 Å². The van der Waals surface area contributed by atoms with Crippen molar-refractivity contribution in [3.05, 3.63) is 100 Å². The van der Waals surface area contributed by atoms with Gasteiger partial charge in [-0.15, -0.1) is 0 Å². The average Bonchev–Trinajstić information content (AvgIpc) is 3.88. The fourth-order valence-electron chi connectivity index (χ4n) is 8.29. The number of nitrogens with zero attached hydrogens (tertiary/aromatic N) is 7. The van der Waals surface area contributed by atoms with Crippen molar-refractivity contribution in [2.75, 3.05) is 37.6 Å². The van der Waals surface area contributed by atoms with E-state index in [-0.39, 0.29) is 29.8 Å². The van der Waals surface area contributed by atoms with Crippen LogP contribution in [0.25, 0.3) is 5.82 Å². The van der Waals surface area contributed by atoms with Gasteiger partial charge in [-0.3, -0.25) is 24.5 Å². The lowest BCUT2D eigenvalue weighted by molar-refractivity contribution is -0.136. The molecule has 0 saturated carbocycles. The summed E-state index contributed by atoms with van der Waals surface area (Å²) in [6, 6.07) is 16.0. The maximum absolute atomic E-state index is 13.1. The van der Waals surface area contributed by atoms with E-state index < -0.39 is 11.9 Å². The second kappa shape index (κ2) is 13.9. The summed E-state index contributed by atoms with van der Waals surface area (Å²) < 4.78 is 1.65. The molecule has 4 aliphatic heterocycles. The maximum Gasteiger partial charge on any atom is 0.269 e. The molecule has 6 heterocycles. The molecule has 3 fully saturated rings. The van der Waals surface area contributed by atoms with Crippen LogP contribution in [0.1, 0.15) is 86.9 Å². The number of carbonyl (C=O) groups excluding carboxylic acids is 4. The van der Waals surface area contributed by atoms with E-state index in [2.05, 4.69) is 55.5 Å². The Morgan fingerprint density at radius 2 is 1.79 bits per heavy atom. The molecule has 0 spiro atoms. The largest absolute Gasteiger partial charge is 0.371 e. The van der Waals surface area contributed by atoms with E-state index in [0.717, 1.165) is 74.5 Å². The summed E-state index contributed by atoms with van der Waals surface area (Å²) >= 11 is 0. The Hall–Kier alpha value is -5.43. The van der Waals surface area contributed by atoms with Crippen molar-refractivity contribution in [2.45, 2.75) is 64.0 Å². The summed E-state index contributed by atoms with van der Waals surface area (Å²) in [5, 5.41) is 6.79. The third-order valence-corrected chi connectivity index (χ3v) is 11.1. The number of amides is 4. The first-order chi connectivity index (χ1) is 25.2. The fraction of sp³-hybridized carbons (Fsp3) is 0.410. The van der Waals surface area contributed by atoms with Gasteiger partial charge in [-0.05, 0) is 98.5 Å². The van der Waals surface area contributed by atoms with Crippen molar-refractivity contribution in [1.29, 1.82) is 0 Å². The van der Waals surface area contributed by atoms with Gasteiger partial charge >= 0.3 is 0 Å². The number of nitrogens with one attached hydrogen (secondary N) is 1. The number of primary amides is 1. The molecule has 13 heteroatoms. The minimum atomic E-state index is -0.597. The fourth-order valence-corrected chi connectivity index (χ4v) is 8.29. The lowest BCUT2D eigenvalue weighted by atomic mass is 9.88. The Morgan fingerprint density at radius 1 is 0.981 bits per heavy atom. The van der Waals surface area contributed by atoms with Crippen molar-refractivity contribution in [3.8, 4) is 5.82 Å². The molecule has 0 bridgehead atoms. The first-order valence-electron chi connectivity index (χ1n) is 18.2. The van der Waals surface area contributed by atoms with Crippen LogP contribution in [0.4, 0.5) is 5.69 Å². The number of likely N-dealkylation sites (tertiary alicyclic amines) is 1. The van der Waals surface area contributed by atoms with Gasteiger partial charge in [0, 0.05) is 56.5 Å². The van der Waals surface area contributed by atoms with E-state index in [1.807, 2.05) is 31.3 Å². The first kappa shape index (κ1) is 33.7. The summed E-state index contributed by atoms with van der Waals surface area (Å²) in [6.45, 7) is 7.48. The zero-order chi connectivity index (χ0) is 35.9. The third-order valence-electron chi connectivity index (χ3n) is 11.1. The van der Waals surface area contributed by atoms with E-state index in [0.29, 0.717) is 48.3 Å². The summed E-state index contributed by atoms with van der Waals surface area (Å²) in [6.07, 6.45) is 7.76. The van der Waals surface area contributed by atoms with Gasteiger partial charge in [-0.1, -0.05) is 24.3 Å². The van der Waals surface area contributed by atoms with Crippen molar-refractivity contribution < 1.29 is 19.2 Å². The van der Waals surface area contributed by atoms with Gasteiger partial charge in [-0.25, -0.2) is 14.6 Å². The standard InChI is InChI=1S/C39H43N9O4/c1-24-10-17-48(44-24)34-20-41-36(37(40)50)32(42-34)18-25-2-4-27(5-3-25)28-12-14-45(15-13-28)21-26-11-16-46(22-26)30-6-7-31-29(19-30)23-47(39(31)52)33-8-9-35(49)43-38(33)51/h2-7,10,17,19-20,26,28,33H,8-9,11-16,18,21-23H2,1H3,(H2,40,50)(H,43,49,51)/t26-,33?/m1/s1. The van der Waals surface area contributed by atoms with Gasteiger partial charge in [0.05, 0.1) is 17.6 Å². The van der Waals surface area contributed by atoms with Crippen LogP contribution in [0.2, 0.25) is 0 Å². The van der Waals surface area contributed by atoms with Crippen LogP contribution < -0.4 is 16.0 Å². The number of piperidine rings is 2. The molecule has 2 atom stereocenters. The molecule has 0 radical (unpaired) electrons. The Kier molecular flexibility index (Phi) is 9.04. The zero-order valence-corrected chi connectivity index (χ0v) is 29.3. The monoisotopic (exact) mass is 701 g/mol. The van der Waals surface area contributed by atoms with E-state index in [1.54, 1.807) is 9.58 Å². The molecular weight excluding hydrogens is 658 g/mol. The number of aryl methyl sites for hydroxylation is 1. The van der Waals surface area contributed by atoms with E-state index in [4.69, 9.17) is 10.7 Å². The number of hydrogen-bond acceptors (Lipinski definition) is 9. The average molecular weight is 702 g/mol. The molecule has 3 N–H and O–H groups in total. The van der Waals surface area contributed by atoms with Crippen molar-refractivity contribution >= 4 is 29.3 Å². The quantitative estimate of drug-likeness (QED) is 0.250. The Labute approximate surface area is 302 Å². The Balaban J connectivity index is 0.831. The van der Waals surface area contributed by atoms with Crippen LogP contribution in [0, 0.1) is 12.8 Å². The lowest BCUT2D eigenvalue weighted by Crippen LogP contribution is -2.52. The summed E-state index contributed by atoms with van der Waals surface area (Å²) in [7, 11) is 0. The second-order valence-corrected chi connectivity index (χ2v) is 14.6. The van der Waals surface area contributed by atoms with Crippen molar-refractivity contribution in [1.82, 2.24) is 34.9 Å². The highest BCUT2D eigenvalue weighted by molar-refractivity contribution is 6.05. The molecule has 1 unspecified atom stereocenters. The summed E-state index contributed by atoms with van der Waals surface area (Å²) in [5.74, 6) is 0.242. The van der Waals surface area contributed by atoms with Gasteiger partial charge in [0.1, 0.15) is 11.7 Å². The number of hydrogen-bond donors (Lipinski definition) is 2. The first-order valence-corrected chi connectivity index (χ1v) is 18.2. The second-order valence-electron chi connectivity index (χ2n) is 14.6. The number of anilines is 1. The molecule has 2 aromatic heterocycles. The minimum Gasteiger partial charge on any atom is -0.371 e. The predicted molar refractivity (Wildman–Crippen MR) is 193 cm³/mol. The molecule has 4 amide bonds. The molecule has 268 valence electrons. The molecule has 52 heavy (non-hydrogen) atoms.